The summed E-state index contributed by atoms with van der Waals surface area (Å²) in [6.07, 6.45) is 5.74. The lowest BCUT2D eigenvalue weighted by Crippen LogP contribution is -2.16. The van der Waals surface area contributed by atoms with Gasteiger partial charge in [-0.25, -0.2) is 17.6 Å². The third kappa shape index (κ3) is 4.62. The zero-order chi connectivity index (χ0) is 27.9. The highest BCUT2D eigenvalue weighted by molar-refractivity contribution is 5.84. The first-order valence-corrected chi connectivity index (χ1v) is 13.1. The van der Waals surface area contributed by atoms with Gasteiger partial charge in [-0.15, -0.1) is 0 Å². The van der Waals surface area contributed by atoms with E-state index >= 15 is 22.0 Å². The lowest BCUT2D eigenvalue weighted by Gasteiger charge is -2.24. The maximum absolute atomic E-state index is 15.7. The van der Waals surface area contributed by atoms with Gasteiger partial charge < -0.3 is 9.47 Å². The standard InChI is InChI=1S/C31H28F6O2/c1-3-5-6-7-17-8-14-23(39-16-17)22-12-11-21(28(33)29(22)34)20-10-9-18-19-13-15-24(38-4-2)30(35)26(19)31(36,37)25(18)27(20)32/h8-13,15,23H,3-7,14,16H2,1-2H3. The fraction of sp³-hybridized carbons (Fsp3) is 0.355. The molecule has 1 unspecified atom stereocenters. The molecule has 0 spiro atoms. The van der Waals surface area contributed by atoms with Gasteiger partial charge in [0, 0.05) is 16.7 Å². The second-order valence-corrected chi connectivity index (χ2v) is 9.84. The minimum Gasteiger partial charge on any atom is -0.491 e. The van der Waals surface area contributed by atoms with Crippen LogP contribution in [0.2, 0.25) is 0 Å². The molecule has 206 valence electrons. The van der Waals surface area contributed by atoms with E-state index in [2.05, 4.69) is 6.92 Å². The molecule has 3 aromatic rings. The Bertz CT molecular complexity index is 1450. The number of alkyl halides is 2. The van der Waals surface area contributed by atoms with Crippen molar-refractivity contribution in [2.45, 2.75) is 58.0 Å². The van der Waals surface area contributed by atoms with Gasteiger partial charge >= 0.3 is 5.92 Å². The lowest BCUT2D eigenvalue weighted by molar-refractivity contribution is 0.0399. The van der Waals surface area contributed by atoms with Crippen LogP contribution in [-0.2, 0) is 10.7 Å². The topological polar surface area (TPSA) is 18.5 Å². The molecule has 0 N–H and O–H groups in total. The molecule has 1 aliphatic carbocycles. The fourth-order valence-corrected chi connectivity index (χ4v) is 5.42. The number of rotatable bonds is 8. The monoisotopic (exact) mass is 546 g/mol. The first-order valence-electron chi connectivity index (χ1n) is 13.1. The number of halogens is 6. The summed E-state index contributed by atoms with van der Waals surface area (Å²) in [7, 11) is 0. The SMILES string of the molecule is CCCCCC1=CCC(c2ccc(-c3ccc4c(c3F)C(F)(F)c3c-4ccc(OCC)c3F)c(F)c2F)OC1. The molecule has 0 radical (unpaired) electrons. The Morgan fingerprint density at radius 1 is 0.795 bits per heavy atom. The van der Waals surface area contributed by atoms with Crippen molar-refractivity contribution in [2.75, 3.05) is 13.2 Å². The maximum atomic E-state index is 15.7. The normalized spacial score (nSPS) is 17.5. The van der Waals surface area contributed by atoms with E-state index in [0.29, 0.717) is 13.0 Å². The van der Waals surface area contributed by atoms with E-state index in [1.165, 1.54) is 24.3 Å². The smallest absolute Gasteiger partial charge is 0.305 e. The molecule has 0 saturated carbocycles. The highest BCUT2D eigenvalue weighted by Crippen LogP contribution is 2.55. The molecule has 0 aromatic heterocycles. The van der Waals surface area contributed by atoms with E-state index < -0.39 is 57.5 Å². The van der Waals surface area contributed by atoms with E-state index in [1.54, 1.807) is 6.92 Å². The predicted molar refractivity (Wildman–Crippen MR) is 137 cm³/mol. The summed E-state index contributed by atoms with van der Waals surface area (Å²) in [6, 6.07) is 7.18. The van der Waals surface area contributed by atoms with E-state index in [9.17, 15) is 4.39 Å². The third-order valence-electron chi connectivity index (χ3n) is 7.41. The molecule has 3 aromatic carbocycles. The molecule has 8 heteroatoms. The van der Waals surface area contributed by atoms with Crippen molar-refractivity contribution < 1.29 is 35.8 Å². The quantitative estimate of drug-likeness (QED) is 0.159. The molecule has 0 fully saturated rings. The number of hydrogen-bond acceptors (Lipinski definition) is 2. The van der Waals surface area contributed by atoms with Crippen LogP contribution in [0.25, 0.3) is 22.3 Å². The number of benzene rings is 3. The Morgan fingerprint density at radius 2 is 1.44 bits per heavy atom. The van der Waals surface area contributed by atoms with Crippen molar-refractivity contribution >= 4 is 0 Å². The van der Waals surface area contributed by atoms with Gasteiger partial charge in [-0.3, -0.25) is 0 Å². The Balaban J connectivity index is 1.48. The molecule has 0 saturated heterocycles. The van der Waals surface area contributed by atoms with Crippen LogP contribution in [0.15, 0.2) is 48.0 Å². The number of ether oxygens (including phenoxy) is 2. The summed E-state index contributed by atoms with van der Waals surface area (Å²) in [6.45, 7) is 4.05. The van der Waals surface area contributed by atoms with Crippen molar-refractivity contribution in [2.24, 2.45) is 0 Å². The average molecular weight is 547 g/mol. The summed E-state index contributed by atoms with van der Waals surface area (Å²) < 4.78 is 103. The van der Waals surface area contributed by atoms with E-state index in [-0.39, 0.29) is 29.0 Å². The minimum absolute atomic E-state index is 0.0232. The minimum atomic E-state index is -4.05. The molecule has 0 amide bonds. The highest BCUT2D eigenvalue weighted by Gasteiger charge is 2.50. The zero-order valence-corrected chi connectivity index (χ0v) is 21.7. The molecule has 2 aliphatic rings. The van der Waals surface area contributed by atoms with Gasteiger partial charge in [0.2, 0.25) is 0 Å². The molecule has 0 bridgehead atoms. The van der Waals surface area contributed by atoms with Crippen molar-refractivity contribution in [3.8, 4) is 28.0 Å². The Hall–Kier alpha value is -3.26. The number of hydrogen-bond donors (Lipinski definition) is 0. The predicted octanol–water partition coefficient (Wildman–Crippen LogP) is 9.40. The van der Waals surface area contributed by atoms with E-state index in [4.69, 9.17) is 9.47 Å². The van der Waals surface area contributed by atoms with Crippen molar-refractivity contribution in [1.82, 2.24) is 0 Å². The van der Waals surface area contributed by atoms with Gasteiger partial charge in [0.25, 0.3) is 0 Å². The summed E-state index contributed by atoms with van der Waals surface area (Å²) in [5.74, 6) is -9.73. The fourth-order valence-electron chi connectivity index (χ4n) is 5.42. The van der Waals surface area contributed by atoms with Crippen LogP contribution in [-0.4, -0.2) is 13.2 Å². The molecule has 1 atom stereocenters. The lowest BCUT2D eigenvalue weighted by atomic mass is 9.94. The maximum Gasteiger partial charge on any atom is 0.305 e. The largest absolute Gasteiger partial charge is 0.491 e. The zero-order valence-electron chi connectivity index (χ0n) is 21.7. The molecule has 39 heavy (non-hydrogen) atoms. The average Bonchev–Trinajstić information content (AvgIpc) is 3.16. The summed E-state index contributed by atoms with van der Waals surface area (Å²) in [5, 5.41) is 0. The molecule has 2 nitrogen and oxygen atoms in total. The first kappa shape index (κ1) is 27.3. The highest BCUT2D eigenvalue weighted by atomic mass is 19.3. The van der Waals surface area contributed by atoms with Crippen LogP contribution in [0.5, 0.6) is 5.75 Å². The van der Waals surface area contributed by atoms with Gasteiger partial charge in [-0.2, -0.15) is 8.78 Å². The van der Waals surface area contributed by atoms with Crippen LogP contribution in [0, 0.1) is 23.3 Å². The van der Waals surface area contributed by atoms with Crippen molar-refractivity contribution in [3.05, 3.63) is 88.0 Å². The van der Waals surface area contributed by atoms with Crippen molar-refractivity contribution in [3.63, 3.8) is 0 Å². The van der Waals surface area contributed by atoms with Crippen LogP contribution in [0.4, 0.5) is 26.3 Å². The molecular formula is C31H28F6O2. The Kier molecular flexibility index (Phi) is 7.51. The second-order valence-electron chi connectivity index (χ2n) is 9.84. The van der Waals surface area contributed by atoms with Gasteiger partial charge in [-0.1, -0.05) is 50.1 Å². The second kappa shape index (κ2) is 10.7. The van der Waals surface area contributed by atoms with Crippen LogP contribution < -0.4 is 4.74 Å². The summed E-state index contributed by atoms with van der Waals surface area (Å²) in [4.78, 5) is 0. The number of fused-ring (bicyclic) bond motifs is 3. The summed E-state index contributed by atoms with van der Waals surface area (Å²) >= 11 is 0. The number of unbranched alkanes of at least 4 members (excludes halogenated alkanes) is 2. The van der Waals surface area contributed by atoms with Gasteiger partial charge in [-0.05, 0) is 55.0 Å². The van der Waals surface area contributed by atoms with Crippen LogP contribution >= 0.6 is 0 Å². The van der Waals surface area contributed by atoms with Crippen LogP contribution in [0.3, 0.4) is 0 Å². The molecule has 1 heterocycles. The Labute approximate surface area is 223 Å². The van der Waals surface area contributed by atoms with Crippen molar-refractivity contribution in [1.29, 1.82) is 0 Å². The first-order chi connectivity index (χ1) is 18.7. The van der Waals surface area contributed by atoms with Crippen LogP contribution in [0.1, 0.15) is 68.7 Å². The molecule has 1 aliphatic heterocycles. The third-order valence-corrected chi connectivity index (χ3v) is 7.41. The van der Waals surface area contributed by atoms with Gasteiger partial charge in [0.05, 0.1) is 30.4 Å². The molecular weight excluding hydrogens is 518 g/mol. The van der Waals surface area contributed by atoms with E-state index in [1.807, 2.05) is 6.08 Å². The van der Waals surface area contributed by atoms with Gasteiger partial charge in [0.15, 0.2) is 23.2 Å². The summed E-state index contributed by atoms with van der Waals surface area (Å²) in [5.41, 5.74) is -2.44. The Morgan fingerprint density at radius 3 is 2.10 bits per heavy atom. The molecule has 5 rings (SSSR count). The van der Waals surface area contributed by atoms with Gasteiger partial charge in [0.1, 0.15) is 5.82 Å². The van der Waals surface area contributed by atoms with E-state index in [0.717, 1.165) is 43.4 Å².